The van der Waals surface area contributed by atoms with Gasteiger partial charge in [-0.2, -0.15) is 8.78 Å². The van der Waals surface area contributed by atoms with Gasteiger partial charge in [0.2, 0.25) is 10.0 Å². The summed E-state index contributed by atoms with van der Waals surface area (Å²) < 4.78 is 54.9. The molecule has 0 aromatic heterocycles. The quantitative estimate of drug-likeness (QED) is 0.922. The van der Waals surface area contributed by atoms with Crippen molar-refractivity contribution in [2.24, 2.45) is 5.14 Å². The molecular formula is C14H13F2NO3S. The smallest absolute Gasteiger partial charge is 0.306 e. The molecule has 2 aromatic rings. The Morgan fingerprint density at radius 1 is 1.00 bits per heavy atom. The maximum atomic E-state index is 13.9. The van der Waals surface area contributed by atoms with E-state index in [1.807, 2.05) is 0 Å². The molecule has 0 aliphatic carbocycles. The molecule has 0 saturated carbocycles. The molecule has 0 aliphatic rings. The first-order valence-corrected chi connectivity index (χ1v) is 7.53. The van der Waals surface area contributed by atoms with Crippen molar-refractivity contribution in [1.29, 1.82) is 0 Å². The lowest BCUT2D eigenvalue weighted by atomic mass is 10.1. The summed E-state index contributed by atoms with van der Waals surface area (Å²) in [5.41, 5.74) is -0.147. The minimum absolute atomic E-state index is 0.107. The number of alkyl halides is 2. The van der Waals surface area contributed by atoms with Crippen molar-refractivity contribution in [1.82, 2.24) is 0 Å². The van der Waals surface area contributed by atoms with Crippen LogP contribution in [0.2, 0.25) is 0 Å². The molecule has 0 heterocycles. The Kier molecular flexibility index (Phi) is 4.24. The summed E-state index contributed by atoms with van der Waals surface area (Å²) in [5.74, 6) is -3.00. The summed E-state index contributed by atoms with van der Waals surface area (Å²) in [7, 11) is -3.81. The number of hydrogen-bond acceptors (Lipinski definition) is 3. The minimum atomic E-state index is -3.81. The Morgan fingerprint density at radius 3 is 2.10 bits per heavy atom. The molecule has 2 rings (SSSR count). The van der Waals surface area contributed by atoms with Crippen LogP contribution in [0, 0.1) is 0 Å². The normalized spacial score (nSPS) is 12.1. The monoisotopic (exact) mass is 313 g/mol. The van der Waals surface area contributed by atoms with E-state index in [4.69, 9.17) is 9.88 Å². The standard InChI is InChI=1S/C14H13F2NO3S/c15-14(16,11-4-2-1-3-5-11)10-20-12-6-8-13(9-7-12)21(17,18)19/h1-9H,10H2,(H2,17,18,19). The van der Waals surface area contributed by atoms with Crippen LogP contribution in [0.1, 0.15) is 5.56 Å². The second-order valence-electron chi connectivity index (χ2n) is 4.38. The van der Waals surface area contributed by atoms with Gasteiger partial charge in [0.05, 0.1) is 4.90 Å². The zero-order valence-corrected chi connectivity index (χ0v) is 11.7. The first-order chi connectivity index (χ1) is 9.79. The molecule has 0 spiro atoms. The molecule has 21 heavy (non-hydrogen) atoms. The highest BCUT2D eigenvalue weighted by Crippen LogP contribution is 2.28. The van der Waals surface area contributed by atoms with Crippen LogP contribution < -0.4 is 9.88 Å². The Hall–Kier alpha value is -1.99. The predicted molar refractivity (Wildman–Crippen MR) is 73.6 cm³/mol. The molecule has 0 fully saturated rings. The van der Waals surface area contributed by atoms with Gasteiger partial charge >= 0.3 is 5.92 Å². The van der Waals surface area contributed by atoms with Crippen molar-refractivity contribution in [2.45, 2.75) is 10.8 Å². The summed E-state index contributed by atoms with van der Waals surface area (Å²) in [6, 6.07) is 12.3. The highest BCUT2D eigenvalue weighted by Gasteiger charge is 2.32. The predicted octanol–water partition coefficient (Wildman–Crippen LogP) is 2.50. The summed E-state index contributed by atoms with van der Waals surface area (Å²) in [5, 5.41) is 4.94. The third-order valence-corrected chi connectivity index (χ3v) is 3.70. The maximum absolute atomic E-state index is 13.9. The number of halogens is 2. The Balaban J connectivity index is 2.06. The molecule has 2 N–H and O–H groups in total. The summed E-state index contributed by atoms with van der Waals surface area (Å²) >= 11 is 0. The number of ether oxygens (including phenoxy) is 1. The van der Waals surface area contributed by atoms with Gasteiger partial charge in [-0.1, -0.05) is 30.3 Å². The van der Waals surface area contributed by atoms with Crippen LogP contribution in [0.4, 0.5) is 8.78 Å². The number of benzene rings is 2. The molecule has 112 valence electrons. The lowest BCUT2D eigenvalue weighted by molar-refractivity contribution is -0.0467. The van der Waals surface area contributed by atoms with Crippen molar-refractivity contribution in [3.05, 3.63) is 60.2 Å². The van der Waals surface area contributed by atoms with Crippen LogP contribution in [0.5, 0.6) is 5.75 Å². The third-order valence-electron chi connectivity index (χ3n) is 2.77. The third kappa shape index (κ3) is 3.99. The van der Waals surface area contributed by atoms with Crippen molar-refractivity contribution < 1.29 is 21.9 Å². The molecular weight excluding hydrogens is 300 g/mol. The van der Waals surface area contributed by atoms with Crippen LogP contribution in [0.25, 0.3) is 0 Å². The highest BCUT2D eigenvalue weighted by atomic mass is 32.2. The number of nitrogens with two attached hydrogens (primary N) is 1. The molecule has 7 heteroatoms. The number of sulfonamides is 1. The SMILES string of the molecule is NS(=O)(=O)c1ccc(OCC(F)(F)c2ccccc2)cc1. The van der Waals surface area contributed by atoms with E-state index in [-0.39, 0.29) is 16.2 Å². The molecule has 0 unspecified atom stereocenters. The Bertz CT molecular complexity index is 701. The zero-order chi connectivity index (χ0) is 15.5. The fourth-order valence-corrected chi connectivity index (χ4v) is 2.18. The van der Waals surface area contributed by atoms with Gasteiger partial charge in [-0.3, -0.25) is 0 Å². The van der Waals surface area contributed by atoms with Gasteiger partial charge in [0.1, 0.15) is 5.75 Å². The van der Waals surface area contributed by atoms with Crippen molar-refractivity contribution in [2.75, 3.05) is 6.61 Å². The van der Waals surface area contributed by atoms with Crippen LogP contribution >= 0.6 is 0 Å². The van der Waals surface area contributed by atoms with Gasteiger partial charge in [-0.15, -0.1) is 0 Å². The fourth-order valence-electron chi connectivity index (χ4n) is 1.66. The molecule has 0 bridgehead atoms. The van der Waals surface area contributed by atoms with E-state index < -0.39 is 22.6 Å². The topological polar surface area (TPSA) is 69.4 Å². The number of primary sulfonamides is 1. The van der Waals surface area contributed by atoms with Gasteiger partial charge in [0.15, 0.2) is 6.61 Å². The van der Waals surface area contributed by atoms with E-state index in [9.17, 15) is 17.2 Å². The lowest BCUT2D eigenvalue weighted by Gasteiger charge is -2.17. The molecule has 0 amide bonds. The zero-order valence-electron chi connectivity index (χ0n) is 10.9. The largest absolute Gasteiger partial charge is 0.487 e. The average molecular weight is 313 g/mol. The second-order valence-corrected chi connectivity index (χ2v) is 5.94. The van der Waals surface area contributed by atoms with Crippen LogP contribution in [-0.2, 0) is 15.9 Å². The van der Waals surface area contributed by atoms with E-state index in [1.54, 1.807) is 6.07 Å². The number of rotatable bonds is 5. The van der Waals surface area contributed by atoms with E-state index in [0.717, 1.165) is 0 Å². The van der Waals surface area contributed by atoms with Gasteiger partial charge in [-0.05, 0) is 24.3 Å². The van der Waals surface area contributed by atoms with E-state index in [0.29, 0.717) is 0 Å². The van der Waals surface area contributed by atoms with Crippen LogP contribution in [0.15, 0.2) is 59.5 Å². The van der Waals surface area contributed by atoms with Crippen molar-refractivity contribution in [3.8, 4) is 5.75 Å². The van der Waals surface area contributed by atoms with Gasteiger partial charge in [0, 0.05) is 5.56 Å². The first-order valence-electron chi connectivity index (χ1n) is 5.98. The fraction of sp³-hybridized carbons (Fsp3) is 0.143. The van der Waals surface area contributed by atoms with Crippen LogP contribution in [0.3, 0.4) is 0 Å². The van der Waals surface area contributed by atoms with E-state index in [2.05, 4.69) is 0 Å². The van der Waals surface area contributed by atoms with Crippen molar-refractivity contribution in [3.63, 3.8) is 0 Å². The van der Waals surface area contributed by atoms with Gasteiger partial charge in [0.25, 0.3) is 0 Å². The molecule has 0 atom stereocenters. The summed E-state index contributed by atoms with van der Waals surface area (Å²) in [6.07, 6.45) is 0. The average Bonchev–Trinajstić information content (AvgIpc) is 2.46. The lowest BCUT2D eigenvalue weighted by Crippen LogP contribution is -2.23. The first kappa shape index (κ1) is 15.4. The maximum Gasteiger partial charge on any atom is 0.306 e. The highest BCUT2D eigenvalue weighted by molar-refractivity contribution is 7.89. The van der Waals surface area contributed by atoms with Gasteiger partial charge in [-0.25, -0.2) is 13.6 Å². The molecule has 0 saturated heterocycles. The molecule has 0 aliphatic heterocycles. The molecule has 2 aromatic carbocycles. The second kappa shape index (κ2) is 5.79. The van der Waals surface area contributed by atoms with E-state index in [1.165, 1.54) is 48.5 Å². The van der Waals surface area contributed by atoms with Crippen LogP contribution in [-0.4, -0.2) is 15.0 Å². The summed E-state index contributed by atoms with van der Waals surface area (Å²) in [4.78, 5) is -0.107. The Morgan fingerprint density at radius 2 is 1.57 bits per heavy atom. The van der Waals surface area contributed by atoms with Gasteiger partial charge < -0.3 is 4.74 Å². The minimum Gasteiger partial charge on any atom is -0.487 e. The molecule has 0 radical (unpaired) electrons. The Labute approximate surface area is 121 Å². The van der Waals surface area contributed by atoms with E-state index >= 15 is 0 Å². The molecule has 4 nitrogen and oxygen atoms in total. The van der Waals surface area contributed by atoms with Crippen molar-refractivity contribution >= 4 is 10.0 Å². The summed E-state index contributed by atoms with van der Waals surface area (Å²) in [6.45, 7) is -0.842. The number of hydrogen-bond donors (Lipinski definition) is 1.